The molecule has 0 saturated carbocycles. The molecule has 0 fully saturated rings. The van der Waals surface area contributed by atoms with E-state index in [1.165, 1.54) is 43.2 Å². The number of amides is 1. The molecule has 3 aromatic rings. The van der Waals surface area contributed by atoms with Gasteiger partial charge < -0.3 is 0 Å². The van der Waals surface area contributed by atoms with Gasteiger partial charge in [-0.15, -0.1) is 5.10 Å². The lowest BCUT2D eigenvalue weighted by atomic mass is 10.2. The van der Waals surface area contributed by atoms with E-state index in [4.69, 9.17) is 11.6 Å². The number of halogens is 2. The first kappa shape index (κ1) is 18.5. The summed E-state index contributed by atoms with van der Waals surface area (Å²) in [6.45, 7) is 1.64. The molecule has 12 heteroatoms. The van der Waals surface area contributed by atoms with Gasteiger partial charge in [-0.2, -0.15) is 5.10 Å². The first-order valence-corrected chi connectivity index (χ1v) is 7.96. The van der Waals surface area contributed by atoms with E-state index in [1.807, 2.05) is 0 Å². The van der Waals surface area contributed by atoms with Gasteiger partial charge in [-0.3, -0.25) is 24.9 Å². The number of benzene rings is 1. The Morgan fingerprint density at radius 1 is 1.41 bits per heavy atom. The molecular formula is C15H13ClFN7O3. The van der Waals surface area contributed by atoms with Crippen molar-refractivity contribution >= 4 is 29.1 Å². The smallest absolute Gasteiger partial charge is 0.288 e. The summed E-state index contributed by atoms with van der Waals surface area (Å²) in [4.78, 5) is 26.9. The SMILES string of the molecule is Cc1nn(C)c(C(=O)Nc2ncn(Cc3ccc(F)cc3Cl)n2)c1[N+](=O)[O-]. The molecule has 0 saturated heterocycles. The summed E-state index contributed by atoms with van der Waals surface area (Å²) in [5.74, 6) is -1.27. The summed E-state index contributed by atoms with van der Waals surface area (Å²) in [7, 11) is 1.43. The summed E-state index contributed by atoms with van der Waals surface area (Å²) in [6.07, 6.45) is 1.35. The van der Waals surface area contributed by atoms with Gasteiger partial charge >= 0.3 is 5.69 Å². The average molecular weight is 394 g/mol. The number of aromatic nitrogens is 5. The van der Waals surface area contributed by atoms with Gasteiger partial charge in [0, 0.05) is 12.1 Å². The van der Waals surface area contributed by atoms with E-state index in [2.05, 4.69) is 20.5 Å². The van der Waals surface area contributed by atoms with Crippen LogP contribution in [0, 0.1) is 22.9 Å². The quantitative estimate of drug-likeness (QED) is 0.524. The second-order valence-electron chi connectivity index (χ2n) is 5.62. The normalized spacial score (nSPS) is 10.8. The number of carbonyl (C=O) groups is 1. The molecule has 2 aromatic heterocycles. The highest BCUT2D eigenvalue weighted by molar-refractivity contribution is 6.31. The molecule has 0 spiro atoms. The Bertz CT molecular complexity index is 1050. The van der Waals surface area contributed by atoms with Gasteiger partial charge in [-0.1, -0.05) is 17.7 Å². The first-order valence-electron chi connectivity index (χ1n) is 7.59. The topological polar surface area (TPSA) is 121 Å². The third-order valence-electron chi connectivity index (χ3n) is 3.70. The predicted octanol–water partition coefficient (Wildman–Crippen LogP) is 2.32. The Morgan fingerprint density at radius 2 is 2.15 bits per heavy atom. The Kier molecular flexibility index (Phi) is 4.86. The first-order chi connectivity index (χ1) is 12.8. The Morgan fingerprint density at radius 3 is 2.81 bits per heavy atom. The molecule has 1 amide bonds. The van der Waals surface area contributed by atoms with E-state index < -0.39 is 16.6 Å². The molecule has 0 atom stereocenters. The molecule has 0 bridgehead atoms. The molecule has 1 aromatic carbocycles. The number of nitrogens with one attached hydrogen (secondary N) is 1. The van der Waals surface area contributed by atoms with Crippen LogP contribution < -0.4 is 5.32 Å². The van der Waals surface area contributed by atoms with Crippen LogP contribution in [-0.2, 0) is 13.6 Å². The number of nitrogens with zero attached hydrogens (tertiary/aromatic N) is 6. The van der Waals surface area contributed by atoms with E-state index in [1.54, 1.807) is 0 Å². The number of carbonyl (C=O) groups excluding carboxylic acids is 1. The van der Waals surface area contributed by atoms with Gasteiger partial charge in [-0.25, -0.2) is 14.1 Å². The van der Waals surface area contributed by atoms with Crippen LogP contribution in [0.25, 0.3) is 0 Å². The van der Waals surface area contributed by atoms with Crippen molar-refractivity contribution in [1.82, 2.24) is 24.5 Å². The molecular weight excluding hydrogens is 381 g/mol. The molecule has 3 rings (SSSR count). The molecule has 1 N–H and O–H groups in total. The van der Waals surface area contributed by atoms with Crippen molar-refractivity contribution in [2.75, 3.05) is 5.32 Å². The zero-order chi connectivity index (χ0) is 19.7. The number of nitro groups is 1. The minimum absolute atomic E-state index is 0.0496. The Hall–Kier alpha value is -3.34. The van der Waals surface area contributed by atoms with Crippen LogP contribution in [0.1, 0.15) is 21.7 Å². The molecule has 0 radical (unpaired) electrons. The molecule has 0 aliphatic heterocycles. The molecule has 0 unspecified atom stereocenters. The number of aryl methyl sites for hydroxylation is 2. The van der Waals surface area contributed by atoms with Gasteiger partial charge in [0.2, 0.25) is 11.6 Å². The van der Waals surface area contributed by atoms with Crippen LogP contribution >= 0.6 is 11.6 Å². The third kappa shape index (κ3) is 3.77. The van der Waals surface area contributed by atoms with Gasteiger partial charge in [0.15, 0.2) is 0 Å². The third-order valence-corrected chi connectivity index (χ3v) is 4.05. The number of hydrogen-bond donors (Lipinski definition) is 1. The van der Waals surface area contributed by atoms with Crippen LogP contribution in [0.15, 0.2) is 24.5 Å². The van der Waals surface area contributed by atoms with Crippen molar-refractivity contribution in [1.29, 1.82) is 0 Å². The lowest BCUT2D eigenvalue weighted by Gasteiger charge is -2.04. The van der Waals surface area contributed by atoms with Crippen LogP contribution in [0.3, 0.4) is 0 Å². The predicted molar refractivity (Wildman–Crippen MR) is 93.1 cm³/mol. The highest BCUT2D eigenvalue weighted by Gasteiger charge is 2.29. The number of hydrogen-bond acceptors (Lipinski definition) is 6. The van der Waals surface area contributed by atoms with Crippen LogP contribution in [-0.4, -0.2) is 35.4 Å². The number of anilines is 1. The Balaban J connectivity index is 1.78. The standard InChI is InChI=1S/C15H13ClFN7O3/c1-8-12(24(26)27)13(22(2)20-8)14(25)19-15-18-7-23(21-15)6-9-3-4-10(17)5-11(9)16/h3-5,7H,6H2,1-2H3,(H,19,21,25). The summed E-state index contributed by atoms with van der Waals surface area (Å²) in [5, 5.41) is 21.8. The second kappa shape index (κ2) is 7.11. The average Bonchev–Trinajstić information content (AvgIpc) is 3.13. The molecule has 10 nitrogen and oxygen atoms in total. The largest absolute Gasteiger partial charge is 0.322 e. The monoisotopic (exact) mass is 393 g/mol. The fourth-order valence-corrected chi connectivity index (χ4v) is 2.76. The highest BCUT2D eigenvalue weighted by Crippen LogP contribution is 2.23. The Labute approximate surface area is 156 Å². The van der Waals surface area contributed by atoms with E-state index >= 15 is 0 Å². The minimum Gasteiger partial charge on any atom is -0.288 e. The fourth-order valence-electron chi connectivity index (χ4n) is 2.53. The minimum atomic E-state index is -0.762. The van der Waals surface area contributed by atoms with E-state index in [9.17, 15) is 19.3 Å². The second-order valence-corrected chi connectivity index (χ2v) is 6.03. The van der Waals surface area contributed by atoms with Gasteiger partial charge in [0.1, 0.15) is 17.8 Å². The molecule has 0 aliphatic carbocycles. The summed E-state index contributed by atoms with van der Waals surface area (Å²) in [5.41, 5.74) is 0.138. The van der Waals surface area contributed by atoms with E-state index in [0.717, 1.165) is 4.68 Å². The highest BCUT2D eigenvalue weighted by atomic mass is 35.5. The van der Waals surface area contributed by atoms with Crippen molar-refractivity contribution < 1.29 is 14.1 Å². The van der Waals surface area contributed by atoms with Crippen molar-refractivity contribution in [3.05, 3.63) is 62.4 Å². The van der Waals surface area contributed by atoms with Crippen molar-refractivity contribution in [3.8, 4) is 0 Å². The molecule has 0 aliphatic rings. The summed E-state index contributed by atoms with van der Waals surface area (Å²) < 4.78 is 15.6. The van der Waals surface area contributed by atoms with Crippen LogP contribution in [0.2, 0.25) is 5.02 Å². The van der Waals surface area contributed by atoms with Crippen molar-refractivity contribution in [2.45, 2.75) is 13.5 Å². The summed E-state index contributed by atoms with van der Waals surface area (Å²) >= 11 is 5.97. The zero-order valence-corrected chi connectivity index (χ0v) is 14.9. The van der Waals surface area contributed by atoms with Gasteiger partial charge in [0.05, 0.1) is 11.5 Å². The maximum absolute atomic E-state index is 13.1. The zero-order valence-electron chi connectivity index (χ0n) is 14.2. The maximum atomic E-state index is 13.1. The molecule has 27 heavy (non-hydrogen) atoms. The van der Waals surface area contributed by atoms with Crippen molar-refractivity contribution in [2.24, 2.45) is 7.05 Å². The van der Waals surface area contributed by atoms with Crippen LogP contribution in [0.4, 0.5) is 16.0 Å². The fraction of sp³-hybridized carbons (Fsp3) is 0.200. The lowest BCUT2D eigenvalue weighted by molar-refractivity contribution is -0.385. The summed E-state index contributed by atoms with van der Waals surface area (Å²) in [6, 6.07) is 3.96. The molecule has 140 valence electrons. The van der Waals surface area contributed by atoms with E-state index in [-0.39, 0.29) is 34.6 Å². The van der Waals surface area contributed by atoms with Crippen molar-refractivity contribution in [3.63, 3.8) is 0 Å². The van der Waals surface area contributed by atoms with Crippen LogP contribution in [0.5, 0.6) is 0 Å². The van der Waals surface area contributed by atoms with E-state index in [0.29, 0.717) is 5.56 Å². The van der Waals surface area contributed by atoms with Gasteiger partial charge in [0.25, 0.3) is 5.91 Å². The molecule has 2 heterocycles. The number of rotatable bonds is 5. The lowest BCUT2D eigenvalue weighted by Crippen LogP contribution is -2.18. The maximum Gasteiger partial charge on any atom is 0.322 e. The van der Waals surface area contributed by atoms with Gasteiger partial charge in [-0.05, 0) is 24.6 Å².